The Morgan fingerprint density at radius 1 is 0.739 bits per heavy atom. The molecule has 1 heterocycles. The van der Waals surface area contributed by atoms with Crippen LogP contribution in [0.15, 0.2) is 72.9 Å². The second-order valence-corrected chi connectivity index (χ2v) is 5.99. The molecule has 0 fully saturated rings. The molecule has 23 heavy (non-hydrogen) atoms. The Kier molecular flexibility index (Phi) is 3.23. The summed E-state index contributed by atoms with van der Waals surface area (Å²) in [5.41, 5.74) is 4.73. The monoisotopic (exact) mass is 298 g/mol. The normalized spacial score (nSPS) is 11.0. The minimum Gasteiger partial charge on any atom is -0.378 e. The van der Waals surface area contributed by atoms with Crippen molar-refractivity contribution in [2.24, 2.45) is 0 Å². The molecular formula is C21H18N2. The first kappa shape index (κ1) is 13.8. The number of pyridine rings is 1. The molecule has 3 aromatic carbocycles. The molecule has 0 bridgehead atoms. The van der Waals surface area contributed by atoms with Crippen molar-refractivity contribution in [2.45, 2.75) is 0 Å². The first-order valence-electron chi connectivity index (χ1n) is 7.78. The molecule has 0 atom stereocenters. The second-order valence-electron chi connectivity index (χ2n) is 5.99. The molecule has 2 nitrogen and oxygen atoms in total. The van der Waals surface area contributed by atoms with E-state index in [0.717, 1.165) is 5.52 Å². The zero-order valence-electron chi connectivity index (χ0n) is 13.3. The molecule has 4 rings (SSSR count). The van der Waals surface area contributed by atoms with Crippen molar-refractivity contribution in [3.05, 3.63) is 72.9 Å². The van der Waals surface area contributed by atoms with Gasteiger partial charge in [-0.25, -0.2) is 0 Å². The fraction of sp³-hybridized carbons (Fsp3) is 0.0952. The summed E-state index contributed by atoms with van der Waals surface area (Å²) in [5, 5.41) is 3.63. The molecule has 0 N–H and O–H groups in total. The minimum absolute atomic E-state index is 1.07. The molecule has 0 aliphatic heterocycles. The standard InChI is InChI=1S/C21H18N2/c1-23(2)18-12-10-15(11-13-18)19-7-3-5-16-8-9-17-6-4-14-22-21(17)20(16)19/h3-14H,1-2H3. The van der Waals surface area contributed by atoms with Gasteiger partial charge in [-0.15, -0.1) is 0 Å². The van der Waals surface area contributed by atoms with Crippen molar-refractivity contribution in [3.63, 3.8) is 0 Å². The molecular weight excluding hydrogens is 280 g/mol. The highest BCUT2D eigenvalue weighted by Crippen LogP contribution is 2.33. The van der Waals surface area contributed by atoms with Gasteiger partial charge < -0.3 is 4.90 Å². The van der Waals surface area contributed by atoms with Crippen LogP contribution in [0.1, 0.15) is 0 Å². The highest BCUT2D eigenvalue weighted by Gasteiger charge is 2.08. The molecule has 0 amide bonds. The van der Waals surface area contributed by atoms with Crippen LogP contribution in [0.5, 0.6) is 0 Å². The molecule has 0 aliphatic rings. The molecule has 112 valence electrons. The van der Waals surface area contributed by atoms with E-state index < -0.39 is 0 Å². The Hall–Kier alpha value is -2.87. The van der Waals surface area contributed by atoms with Crippen LogP contribution >= 0.6 is 0 Å². The minimum atomic E-state index is 1.07. The number of hydrogen-bond acceptors (Lipinski definition) is 2. The number of nitrogens with zero attached hydrogens (tertiary/aromatic N) is 2. The average molecular weight is 298 g/mol. The third kappa shape index (κ3) is 2.33. The summed E-state index contributed by atoms with van der Waals surface area (Å²) < 4.78 is 0. The Morgan fingerprint density at radius 3 is 2.26 bits per heavy atom. The van der Waals surface area contributed by atoms with E-state index in [9.17, 15) is 0 Å². The van der Waals surface area contributed by atoms with Gasteiger partial charge in [0.1, 0.15) is 0 Å². The molecule has 4 aromatic rings. The highest BCUT2D eigenvalue weighted by atomic mass is 15.1. The fourth-order valence-corrected chi connectivity index (χ4v) is 3.09. The van der Waals surface area contributed by atoms with E-state index in [1.54, 1.807) is 0 Å². The first-order valence-corrected chi connectivity index (χ1v) is 7.78. The van der Waals surface area contributed by atoms with Crippen molar-refractivity contribution < 1.29 is 0 Å². The summed E-state index contributed by atoms with van der Waals surface area (Å²) in [7, 11) is 4.12. The van der Waals surface area contributed by atoms with Crippen LogP contribution in [-0.4, -0.2) is 19.1 Å². The van der Waals surface area contributed by atoms with Crippen LogP contribution in [0.3, 0.4) is 0 Å². The molecule has 0 radical (unpaired) electrons. The number of aromatic nitrogens is 1. The van der Waals surface area contributed by atoms with Crippen molar-refractivity contribution in [1.82, 2.24) is 4.98 Å². The van der Waals surface area contributed by atoms with Crippen LogP contribution < -0.4 is 4.90 Å². The van der Waals surface area contributed by atoms with Crippen LogP contribution in [0.4, 0.5) is 5.69 Å². The lowest BCUT2D eigenvalue weighted by atomic mass is 9.96. The van der Waals surface area contributed by atoms with Gasteiger partial charge in [0, 0.05) is 36.8 Å². The van der Waals surface area contributed by atoms with E-state index in [2.05, 4.69) is 84.6 Å². The lowest BCUT2D eigenvalue weighted by Gasteiger charge is -2.14. The van der Waals surface area contributed by atoms with E-state index in [4.69, 9.17) is 0 Å². The van der Waals surface area contributed by atoms with Gasteiger partial charge in [0.2, 0.25) is 0 Å². The predicted molar refractivity (Wildman–Crippen MR) is 99.0 cm³/mol. The molecule has 0 saturated heterocycles. The Morgan fingerprint density at radius 2 is 1.48 bits per heavy atom. The van der Waals surface area contributed by atoms with E-state index in [0.29, 0.717) is 0 Å². The van der Waals surface area contributed by atoms with E-state index >= 15 is 0 Å². The predicted octanol–water partition coefficient (Wildman–Crippen LogP) is 5.12. The van der Waals surface area contributed by atoms with Crippen LogP contribution in [0.25, 0.3) is 32.8 Å². The SMILES string of the molecule is CN(C)c1ccc(-c2cccc3ccc4cccnc4c23)cc1. The van der Waals surface area contributed by atoms with Crippen molar-refractivity contribution in [1.29, 1.82) is 0 Å². The van der Waals surface area contributed by atoms with Crippen LogP contribution in [0.2, 0.25) is 0 Å². The van der Waals surface area contributed by atoms with Crippen LogP contribution in [-0.2, 0) is 0 Å². The molecule has 0 unspecified atom stereocenters. The summed E-state index contributed by atoms with van der Waals surface area (Å²) in [6, 6.07) is 23.6. The third-order valence-corrected chi connectivity index (χ3v) is 4.31. The molecule has 2 heteroatoms. The number of fused-ring (bicyclic) bond motifs is 3. The molecule has 0 saturated carbocycles. The molecule has 1 aromatic heterocycles. The zero-order chi connectivity index (χ0) is 15.8. The third-order valence-electron chi connectivity index (χ3n) is 4.31. The Labute approximate surface area is 136 Å². The van der Waals surface area contributed by atoms with Crippen molar-refractivity contribution >= 4 is 27.4 Å². The molecule has 0 aliphatic carbocycles. The van der Waals surface area contributed by atoms with E-state index in [1.807, 2.05) is 12.3 Å². The van der Waals surface area contributed by atoms with Crippen molar-refractivity contribution in [3.8, 4) is 11.1 Å². The number of benzene rings is 3. The van der Waals surface area contributed by atoms with Gasteiger partial charge in [-0.3, -0.25) is 4.98 Å². The smallest absolute Gasteiger partial charge is 0.0786 e. The Bertz CT molecular complexity index is 985. The fourth-order valence-electron chi connectivity index (χ4n) is 3.09. The van der Waals surface area contributed by atoms with Crippen LogP contribution in [0, 0.1) is 0 Å². The quantitative estimate of drug-likeness (QED) is 0.477. The van der Waals surface area contributed by atoms with E-state index in [1.165, 1.54) is 33.0 Å². The van der Waals surface area contributed by atoms with Gasteiger partial charge in [0.25, 0.3) is 0 Å². The lowest BCUT2D eigenvalue weighted by molar-refractivity contribution is 1.13. The van der Waals surface area contributed by atoms with Gasteiger partial charge >= 0.3 is 0 Å². The topological polar surface area (TPSA) is 16.1 Å². The van der Waals surface area contributed by atoms with Gasteiger partial charge in [0.15, 0.2) is 0 Å². The number of rotatable bonds is 2. The lowest BCUT2D eigenvalue weighted by Crippen LogP contribution is -2.07. The van der Waals surface area contributed by atoms with Gasteiger partial charge in [-0.2, -0.15) is 0 Å². The van der Waals surface area contributed by atoms with Gasteiger partial charge in [-0.05, 0) is 34.7 Å². The first-order chi connectivity index (χ1) is 11.2. The maximum Gasteiger partial charge on any atom is 0.0786 e. The second kappa shape index (κ2) is 5.40. The molecule has 0 spiro atoms. The number of hydrogen-bond donors (Lipinski definition) is 0. The Balaban J connectivity index is 2.01. The maximum absolute atomic E-state index is 4.63. The summed E-state index contributed by atoms with van der Waals surface area (Å²) >= 11 is 0. The zero-order valence-corrected chi connectivity index (χ0v) is 13.3. The summed E-state index contributed by atoms with van der Waals surface area (Å²) in [4.78, 5) is 6.75. The van der Waals surface area contributed by atoms with E-state index in [-0.39, 0.29) is 0 Å². The summed E-state index contributed by atoms with van der Waals surface area (Å²) in [5.74, 6) is 0. The largest absolute Gasteiger partial charge is 0.378 e. The average Bonchev–Trinajstić information content (AvgIpc) is 2.61. The maximum atomic E-state index is 4.63. The highest BCUT2D eigenvalue weighted by molar-refractivity contribution is 6.12. The number of anilines is 1. The van der Waals surface area contributed by atoms with Crippen molar-refractivity contribution in [2.75, 3.05) is 19.0 Å². The van der Waals surface area contributed by atoms with Gasteiger partial charge in [0.05, 0.1) is 5.52 Å². The summed E-state index contributed by atoms with van der Waals surface area (Å²) in [6.45, 7) is 0. The van der Waals surface area contributed by atoms with Gasteiger partial charge in [-0.1, -0.05) is 48.5 Å². The summed E-state index contributed by atoms with van der Waals surface area (Å²) in [6.07, 6.45) is 1.87.